The summed E-state index contributed by atoms with van der Waals surface area (Å²) in [4.78, 5) is 36.9. The number of hydrazone groups is 1. The van der Waals surface area contributed by atoms with Crippen LogP contribution in [0.1, 0.15) is 37.0 Å². The molecule has 3 aromatic rings. The Bertz CT molecular complexity index is 1390. The van der Waals surface area contributed by atoms with Crippen molar-refractivity contribution >= 4 is 51.2 Å². The van der Waals surface area contributed by atoms with Gasteiger partial charge in [-0.1, -0.05) is 22.9 Å². The topological polar surface area (TPSA) is 127 Å². The number of rotatable bonds is 12. The molecule has 0 unspecified atom stereocenters. The predicted molar refractivity (Wildman–Crippen MR) is 162 cm³/mol. The fraction of sp³-hybridized carbons (Fsp3) is 0.267. The van der Waals surface area contributed by atoms with Crippen molar-refractivity contribution in [3.63, 3.8) is 0 Å². The van der Waals surface area contributed by atoms with E-state index < -0.39 is 11.8 Å². The van der Waals surface area contributed by atoms with Gasteiger partial charge in [0.25, 0.3) is 5.91 Å². The monoisotopic (exact) mass is 624 g/mol. The minimum atomic E-state index is -0.931. The second-order valence-corrected chi connectivity index (χ2v) is 9.83. The molecule has 0 aliphatic carbocycles. The van der Waals surface area contributed by atoms with Crippen molar-refractivity contribution in [2.45, 2.75) is 34.1 Å². The van der Waals surface area contributed by atoms with Gasteiger partial charge in [-0.2, -0.15) is 5.10 Å². The van der Waals surface area contributed by atoms with Gasteiger partial charge in [0.2, 0.25) is 0 Å². The first-order valence-electron chi connectivity index (χ1n) is 13.0. The Labute approximate surface area is 247 Å². The zero-order valence-corrected chi connectivity index (χ0v) is 25.0. The van der Waals surface area contributed by atoms with E-state index in [1.165, 1.54) is 6.21 Å². The molecule has 3 N–H and O–H groups in total. The lowest BCUT2D eigenvalue weighted by molar-refractivity contribution is -0.136. The summed E-state index contributed by atoms with van der Waals surface area (Å²) >= 11 is 3.45. The van der Waals surface area contributed by atoms with Crippen LogP contribution < -0.4 is 30.3 Å². The number of benzene rings is 3. The molecule has 216 valence electrons. The average molecular weight is 626 g/mol. The van der Waals surface area contributed by atoms with Crippen molar-refractivity contribution in [3.8, 4) is 17.2 Å². The minimum Gasteiger partial charge on any atom is -0.494 e. The zero-order chi connectivity index (χ0) is 29.8. The van der Waals surface area contributed by atoms with Crippen LogP contribution in [0.15, 0.2) is 64.2 Å². The van der Waals surface area contributed by atoms with Gasteiger partial charge in [-0.3, -0.25) is 14.4 Å². The molecule has 3 rings (SSSR count). The maximum atomic E-state index is 12.6. The number of nitrogens with zero attached hydrogens (tertiary/aromatic N) is 1. The highest BCUT2D eigenvalue weighted by Crippen LogP contribution is 2.29. The summed E-state index contributed by atoms with van der Waals surface area (Å²) in [5.41, 5.74) is 5.83. The van der Waals surface area contributed by atoms with E-state index in [2.05, 4.69) is 37.1 Å². The van der Waals surface area contributed by atoms with E-state index in [9.17, 15) is 14.4 Å². The number of ether oxygens (including phenoxy) is 3. The Kier molecular flexibility index (Phi) is 11.7. The van der Waals surface area contributed by atoms with Crippen LogP contribution in [-0.4, -0.2) is 43.8 Å². The van der Waals surface area contributed by atoms with Gasteiger partial charge in [0.05, 0.1) is 19.4 Å². The summed E-state index contributed by atoms with van der Waals surface area (Å²) in [6.07, 6.45) is 2.25. The molecule has 0 atom stereocenters. The van der Waals surface area contributed by atoms with Gasteiger partial charge in [0.15, 0.2) is 18.1 Å². The summed E-state index contributed by atoms with van der Waals surface area (Å²) in [5, 5.41) is 9.25. The minimum absolute atomic E-state index is 0.220. The highest BCUT2D eigenvalue weighted by atomic mass is 79.9. The Hall–Kier alpha value is -4.38. The van der Waals surface area contributed by atoms with Crippen LogP contribution in [0.2, 0.25) is 0 Å². The van der Waals surface area contributed by atoms with Gasteiger partial charge in [-0.25, -0.2) is 5.43 Å². The summed E-state index contributed by atoms with van der Waals surface area (Å²) in [7, 11) is 0. The van der Waals surface area contributed by atoms with E-state index in [1.54, 1.807) is 42.5 Å². The quantitative estimate of drug-likeness (QED) is 0.141. The first kappa shape index (κ1) is 31.2. The van der Waals surface area contributed by atoms with Crippen LogP contribution in [0.5, 0.6) is 17.2 Å². The van der Waals surface area contributed by atoms with Crippen molar-refractivity contribution in [2.75, 3.05) is 30.5 Å². The molecule has 10 nitrogen and oxygen atoms in total. The standard InChI is InChI=1S/C30H33BrN4O6/c1-5-13-40-24-10-8-23(9-11-24)33-29(37)30(38)35-32-17-21-7-12-25(26(16-21)39-6-2)41-18-27(36)34-28-19(3)14-22(31)15-20(28)4/h7-12,14-17H,5-6,13,18H2,1-4H3,(H,33,37)(H,34,36)(H,35,38)/b32-17-. The first-order valence-corrected chi connectivity index (χ1v) is 13.8. The van der Waals surface area contributed by atoms with E-state index in [0.717, 1.165) is 27.7 Å². The van der Waals surface area contributed by atoms with E-state index in [0.29, 0.717) is 41.7 Å². The lowest BCUT2D eigenvalue weighted by Gasteiger charge is -2.14. The fourth-order valence-corrected chi connectivity index (χ4v) is 4.36. The van der Waals surface area contributed by atoms with Crippen LogP contribution in [-0.2, 0) is 14.4 Å². The van der Waals surface area contributed by atoms with Crippen molar-refractivity contribution in [1.82, 2.24) is 5.43 Å². The number of halogens is 1. The normalized spacial score (nSPS) is 10.7. The molecule has 0 bridgehead atoms. The number of amides is 3. The van der Waals surface area contributed by atoms with Crippen molar-refractivity contribution in [2.24, 2.45) is 5.10 Å². The van der Waals surface area contributed by atoms with Gasteiger partial charge < -0.3 is 24.8 Å². The molecular weight excluding hydrogens is 592 g/mol. The molecule has 0 spiro atoms. The molecule has 0 saturated heterocycles. The number of carbonyl (C=O) groups excluding carboxylic acids is 3. The highest BCUT2D eigenvalue weighted by molar-refractivity contribution is 9.10. The van der Waals surface area contributed by atoms with Crippen LogP contribution in [0.25, 0.3) is 0 Å². The summed E-state index contributed by atoms with van der Waals surface area (Å²) in [5.74, 6) is -0.660. The van der Waals surface area contributed by atoms with E-state index in [-0.39, 0.29) is 12.5 Å². The highest BCUT2D eigenvalue weighted by Gasteiger charge is 2.14. The zero-order valence-electron chi connectivity index (χ0n) is 23.4. The maximum absolute atomic E-state index is 12.6. The molecule has 0 aliphatic heterocycles. The molecular formula is C30H33BrN4O6. The largest absolute Gasteiger partial charge is 0.494 e. The molecule has 0 saturated carbocycles. The third kappa shape index (κ3) is 9.64. The molecule has 11 heteroatoms. The predicted octanol–water partition coefficient (Wildman–Crippen LogP) is 5.36. The van der Waals surface area contributed by atoms with Crippen molar-refractivity contribution in [1.29, 1.82) is 0 Å². The Morgan fingerprint density at radius 2 is 1.56 bits per heavy atom. The van der Waals surface area contributed by atoms with E-state index in [1.807, 2.05) is 39.8 Å². The maximum Gasteiger partial charge on any atom is 0.329 e. The van der Waals surface area contributed by atoms with Gasteiger partial charge in [0.1, 0.15) is 5.75 Å². The van der Waals surface area contributed by atoms with Crippen LogP contribution >= 0.6 is 15.9 Å². The lowest BCUT2D eigenvalue weighted by Crippen LogP contribution is -2.32. The first-order chi connectivity index (χ1) is 19.7. The van der Waals surface area contributed by atoms with Gasteiger partial charge in [0, 0.05) is 15.8 Å². The summed E-state index contributed by atoms with van der Waals surface area (Å²) in [6, 6.07) is 15.5. The number of hydrogen-bond acceptors (Lipinski definition) is 7. The molecule has 3 aromatic carbocycles. The third-order valence-electron chi connectivity index (χ3n) is 5.56. The number of aryl methyl sites for hydroxylation is 2. The second-order valence-electron chi connectivity index (χ2n) is 8.92. The summed E-state index contributed by atoms with van der Waals surface area (Å²) < 4.78 is 17.8. The molecule has 3 amide bonds. The Morgan fingerprint density at radius 3 is 2.22 bits per heavy atom. The number of hydrogen-bond donors (Lipinski definition) is 3. The van der Waals surface area contributed by atoms with Crippen molar-refractivity contribution in [3.05, 3.63) is 75.8 Å². The molecule has 0 aromatic heterocycles. The van der Waals surface area contributed by atoms with Crippen LogP contribution in [0, 0.1) is 13.8 Å². The van der Waals surface area contributed by atoms with Gasteiger partial charge in [-0.05, 0) is 98.5 Å². The van der Waals surface area contributed by atoms with E-state index >= 15 is 0 Å². The van der Waals surface area contributed by atoms with Gasteiger partial charge in [-0.15, -0.1) is 0 Å². The second kappa shape index (κ2) is 15.4. The SMILES string of the molecule is CCCOc1ccc(NC(=O)C(=O)N/N=C\c2ccc(OCC(=O)Nc3c(C)cc(Br)cc3C)c(OCC)c2)cc1. The molecule has 0 fully saturated rings. The molecule has 0 radical (unpaired) electrons. The average Bonchev–Trinajstić information content (AvgIpc) is 2.94. The number of carbonyl (C=O) groups is 3. The number of nitrogens with one attached hydrogen (secondary N) is 3. The molecule has 41 heavy (non-hydrogen) atoms. The smallest absolute Gasteiger partial charge is 0.329 e. The fourth-order valence-electron chi connectivity index (χ4n) is 3.68. The lowest BCUT2D eigenvalue weighted by atomic mass is 10.1. The Morgan fingerprint density at radius 1 is 0.854 bits per heavy atom. The third-order valence-corrected chi connectivity index (χ3v) is 6.02. The summed E-state index contributed by atoms with van der Waals surface area (Å²) in [6.45, 7) is 8.40. The van der Waals surface area contributed by atoms with E-state index in [4.69, 9.17) is 14.2 Å². The molecule has 0 heterocycles. The number of anilines is 2. The molecule has 0 aliphatic rings. The van der Waals surface area contributed by atoms with Gasteiger partial charge >= 0.3 is 11.8 Å². The van der Waals surface area contributed by atoms with Crippen LogP contribution in [0.4, 0.5) is 11.4 Å². The van der Waals surface area contributed by atoms with Crippen LogP contribution in [0.3, 0.4) is 0 Å². The Balaban J connectivity index is 1.54. The van der Waals surface area contributed by atoms with Crippen molar-refractivity contribution < 1.29 is 28.6 Å².